The molecule has 1 saturated heterocycles. The summed E-state index contributed by atoms with van der Waals surface area (Å²) < 4.78 is 5.14. The van der Waals surface area contributed by atoms with Crippen molar-refractivity contribution >= 4 is 29.2 Å². The van der Waals surface area contributed by atoms with Gasteiger partial charge in [-0.1, -0.05) is 13.8 Å². The molecule has 1 aromatic carbocycles. The Bertz CT molecular complexity index is 822. The Labute approximate surface area is 163 Å². The highest BCUT2D eigenvalue weighted by atomic mass is 16.3. The van der Waals surface area contributed by atoms with E-state index in [1.807, 2.05) is 13.8 Å². The molecule has 1 aromatic heterocycles. The molecular formula is C20H24N4O4. The fourth-order valence-corrected chi connectivity index (χ4v) is 2.79. The number of nitrogens with zero attached hydrogens (tertiary/aromatic N) is 2. The topological polar surface area (TPSA) is 94.9 Å². The summed E-state index contributed by atoms with van der Waals surface area (Å²) in [6, 6.07) is 10.1. The number of amides is 4. The van der Waals surface area contributed by atoms with E-state index in [0.29, 0.717) is 43.3 Å². The smallest absolute Gasteiger partial charge is 0.321 e. The molecule has 2 heterocycles. The number of carbonyl (C=O) groups excluding carboxylic acids is 3. The van der Waals surface area contributed by atoms with Gasteiger partial charge in [0, 0.05) is 43.5 Å². The van der Waals surface area contributed by atoms with Crippen LogP contribution in [0, 0.1) is 5.92 Å². The molecular weight excluding hydrogens is 360 g/mol. The van der Waals surface area contributed by atoms with Gasteiger partial charge >= 0.3 is 6.03 Å². The van der Waals surface area contributed by atoms with Crippen molar-refractivity contribution in [3.63, 3.8) is 0 Å². The van der Waals surface area contributed by atoms with Gasteiger partial charge in [0.1, 0.15) is 0 Å². The number of hydrogen-bond acceptors (Lipinski definition) is 4. The lowest BCUT2D eigenvalue weighted by atomic mass is 10.2. The molecule has 8 nitrogen and oxygen atoms in total. The fraction of sp³-hybridized carbons (Fsp3) is 0.350. The van der Waals surface area contributed by atoms with Gasteiger partial charge in [0.25, 0.3) is 5.91 Å². The Morgan fingerprint density at radius 2 is 1.46 bits per heavy atom. The lowest BCUT2D eigenvalue weighted by Crippen LogP contribution is -2.51. The Balaban J connectivity index is 1.49. The molecule has 0 saturated carbocycles. The van der Waals surface area contributed by atoms with E-state index in [0.717, 1.165) is 0 Å². The van der Waals surface area contributed by atoms with Crippen molar-refractivity contribution in [1.82, 2.24) is 9.80 Å². The molecule has 0 aliphatic carbocycles. The van der Waals surface area contributed by atoms with E-state index in [9.17, 15) is 14.4 Å². The van der Waals surface area contributed by atoms with Crippen molar-refractivity contribution in [2.45, 2.75) is 13.8 Å². The number of furan rings is 1. The zero-order valence-corrected chi connectivity index (χ0v) is 16.0. The first-order valence-corrected chi connectivity index (χ1v) is 9.23. The summed E-state index contributed by atoms with van der Waals surface area (Å²) in [7, 11) is 0. The Morgan fingerprint density at radius 3 is 2.00 bits per heavy atom. The van der Waals surface area contributed by atoms with Gasteiger partial charge in [-0.2, -0.15) is 0 Å². The second kappa shape index (κ2) is 8.60. The minimum Gasteiger partial charge on any atom is -0.459 e. The molecule has 0 spiro atoms. The van der Waals surface area contributed by atoms with Gasteiger partial charge in [-0.15, -0.1) is 0 Å². The molecule has 2 aromatic rings. The summed E-state index contributed by atoms with van der Waals surface area (Å²) >= 11 is 0. The molecule has 28 heavy (non-hydrogen) atoms. The van der Waals surface area contributed by atoms with Gasteiger partial charge in [0.05, 0.1) is 6.26 Å². The normalized spacial score (nSPS) is 14.1. The molecule has 0 atom stereocenters. The summed E-state index contributed by atoms with van der Waals surface area (Å²) in [4.78, 5) is 39.8. The van der Waals surface area contributed by atoms with Crippen molar-refractivity contribution < 1.29 is 18.8 Å². The average molecular weight is 384 g/mol. The van der Waals surface area contributed by atoms with E-state index in [2.05, 4.69) is 10.6 Å². The number of hydrogen-bond donors (Lipinski definition) is 2. The van der Waals surface area contributed by atoms with Crippen LogP contribution in [0.2, 0.25) is 0 Å². The Morgan fingerprint density at radius 1 is 0.893 bits per heavy atom. The van der Waals surface area contributed by atoms with E-state index < -0.39 is 0 Å². The van der Waals surface area contributed by atoms with Crippen LogP contribution < -0.4 is 10.6 Å². The van der Waals surface area contributed by atoms with Crippen LogP contribution >= 0.6 is 0 Å². The number of urea groups is 1. The van der Waals surface area contributed by atoms with E-state index >= 15 is 0 Å². The molecule has 3 rings (SSSR count). The van der Waals surface area contributed by atoms with Gasteiger partial charge < -0.3 is 24.9 Å². The van der Waals surface area contributed by atoms with Crippen LogP contribution in [0.5, 0.6) is 0 Å². The number of benzene rings is 1. The maximum absolute atomic E-state index is 12.4. The van der Waals surface area contributed by atoms with Crippen molar-refractivity contribution in [2.75, 3.05) is 36.8 Å². The van der Waals surface area contributed by atoms with Gasteiger partial charge in [0.2, 0.25) is 5.91 Å². The second-order valence-corrected chi connectivity index (χ2v) is 6.91. The van der Waals surface area contributed by atoms with Crippen molar-refractivity contribution in [3.05, 3.63) is 48.4 Å². The van der Waals surface area contributed by atoms with Crippen molar-refractivity contribution in [3.8, 4) is 0 Å². The molecule has 1 fully saturated rings. The van der Waals surface area contributed by atoms with Gasteiger partial charge in [-0.3, -0.25) is 9.59 Å². The molecule has 0 unspecified atom stereocenters. The summed E-state index contributed by atoms with van der Waals surface area (Å²) in [5.74, 6) is -0.0110. The first kappa shape index (κ1) is 19.5. The summed E-state index contributed by atoms with van der Waals surface area (Å²) in [6.07, 6.45) is 1.47. The predicted molar refractivity (Wildman–Crippen MR) is 105 cm³/mol. The van der Waals surface area contributed by atoms with E-state index in [4.69, 9.17) is 4.42 Å². The maximum Gasteiger partial charge on any atom is 0.321 e. The fourth-order valence-electron chi connectivity index (χ4n) is 2.79. The van der Waals surface area contributed by atoms with E-state index in [1.165, 1.54) is 6.26 Å². The van der Waals surface area contributed by atoms with Crippen LogP contribution in [0.15, 0.2) is 47.1 Å². The average Bonchev–Trinajstić information content (AvgIpc) is 3.23. The van der Waals surface area contributed by atoms with Gasteiger partial charge in [-0.25, -0.2) is 4.79 Å². The van der Waals surface area contributed by atoms with Crippen LogP contribution in [-0.2, 0) is 4.79 Å². The van der Waals surface area contributed by atoms with E-state index in [-0.39, 0.29) is 23.8 Å². The lowest BCUT2D eigenvalue weighted by Gasteiger charge is -2.34. The van der Waals surface area contributed by atoms with Gasteiger partial charge in [0.15, 0.2) is 5.76 Å². The van der Waals surface area contributed by atoms with Crippen molar-refractivity contribution in [1.29, 1.82) is 0 Å². The summed E-state index contributed by atoms with van der Waals surface area (Å²) in [5, 5.41) is 5.64. The molecule has 8 heteroatoms. The molecule has 1 aliphatic heterocycles. The second-order valence-electron chi connectivity index (χ2n) is 6.91. The van der Waals surface area contributed by atoms with E-state index in [1.54, 1.807) is 46.2 Å². The number of carbonyl (C=O) groups is 3. The Hall–Kier alpha value is -3.29. The first-order valence-electron chi connectivity index (χ1n) is 9.23. The minimum absolute atomic E-state index is 0.0567. The number of piperazine rings is 1. The third-order valence-corrected chi connectivity index (χ3v) is 4.51. The van der Waals surface area contributed by atoms with Crippen LogP contribution in [-0.4, -0.2) is 53.8 Å². The standard InChI is InChI=1S/C20H24N4O4/c1-14(2)18(25)21-15-5-7-16(8-6-15)22-20(27)24-11-9-23(10-12-24)19(26)17-4-3-13-28-17/h3-8,13-14H,9-12H2,1-2H3,(H,21,25)(H,22,27). The SMILES string of the molecule is CC(C)C(=O)Nc1ccc(NC(=O)N2CCN(C(=O)c3ccco3)CC2)cc1. The van der Waals surface area contributed by atoms with Crippen LogP contribution in [0.3, 0.4) is 0 Å². The zero-order valence-electron chi connectivity index (χ0n) is 16.0. The quantitative estimate of drug-likeness (QED) is 0.847. The molecule has 2 N–H and O–H groups in total. The van der Waals surface area contributed by atoms with Crippen molar-refractivity contribution in [2.24, 2.45) is 5.92 Å². The molecule has 148 valence electrons. The number of anilines is 2. The highest BCUT2D eigenvalue weighted by Gasteiger charge is 2.26. The molecule has 0 radical (unpaired) electrons. The monoisotopic (exact) mass is 384 g/mol. The first-order chi connectivity index (χ1) is 13.4. The molecule has 1 aliphatic rings. The minimum atomic E-state index is -0.218. The zero-order chi connectivity index (χ0) is 20.1. The van der Waals surface area contributed by atoms with Crippen LogP contribution in [0.4, 0.5) is 16.2 Å². The maximum atomic E-state index is 12.4. The van der Waals surface area contributed by atoms with Gasteiger partial charge in [-0.05, 0) is 36.4 Å². The Kier molecular flexibility index (Phi) is 5.98. The van der Waals surface area contributed by atoms with Crippen LogP contribution in [0.1, 0.15) is 24.4 Å². The predicted octanol–water partition coefficient (Wildman–Crippen LogP) is 2.86. The summed E-state index contributed by atoms with van der Waals surface area (Å²) in [6.45, 7) is 5.44. The third-order valence-electron chi connectivity index (χ3n) is 4.51. The highest BCUT2D eigenvalue weighted by molar-refractivity contribution is 5.94. The molecule has 4 amide bonds. The number of nitrogens with one attached hydrogen (secondary N) is 2. The lowest BCUT2D eigenvalue weighted by molar-refractivity contribution is -0.118. The van der Waals surface area contributed by atoms with Crippen LogP contribution in [0.25, 0.3) is 0 Å². The third kappa shape index (κ3) is 4.70. The largest absolute Gasteiger partial charge is 0.459 e. The molecule has 0 bridgehead atoms. The summed E-state index contributed by atoms with van der Waals surface area (Å²) in [5.41, 5.74) is 1.32. The number of rotatable bonds is 4. The highest BCUT2D eigenvalue weighted by Crippen LogP contribution is 2.16.